The highest BCUT2D eigenvalue weighted by Crippen LogP contribution is 2.33. The van der Waals surface area contributed by atoms with Gasteiger partial charge in [0.15, 0.2) is 5.82 Å². The van der Waals surface area contributed by atoms with Crippen molar-refractivity contribution in [3.8, 4) is 38.6 Å². The molecule has 6 rings (SSSR count). The Morgan fingerprint density at radius 2 is 1.69 bits per heavy atom. The number of nitrogen functional groups attached to an aromatic ring is 1. The Bertz CT molecular complexity index is 2230. The molecule has 1 saturated heterocycles. The fourth-order valence-corrected chi connectivity index (χ4v) is 8.23. The predicted molar refractivity (Wildman–Crippen MR) is 229 cm³/mol. The number of unbranched alkanes of at least 4 members (excludes halogenated alkanes) is 4. The molecule has 3 amide bonds. The lowest BCUT2D eigenvalue weighted by molar-refractivity contribution is -0.144. The topological polar surface area (TPSA) is 201 Å². The third-order valence-corrected chi connectivity index (χ3v) is 11.8. The number of anilines is 1. The fourth-order valence-electron chi connectivity index (χ4n) is 7.42. The number of rotatable bonds is 16. The highest BCUT2D eigenvalue weighted by atomic mass is 32.1. The molecule has 4 heterocycles. The van der Waals surface area contributed by atoms with Crippen LogP contribution in [0.25, 0.3) is 32.8 Å². The molecule has 15 heteroatoms. The number of likely N-dealkylation sites (tertiary alicyclic amines) is 1. The Balaban J connectivity index is 0.946. The number of carbonyl (C=O) groups excluding carboxylic acids is 3. The molecule has 5 aromatic rings. The molecule has 6 N–H and O–H groups in total. The number of hydrogen-bond donors (Lipinski definition) is 5. The van der Waals surface area contributed by atoms with Crippen molar-refractivity contribution >= 4 is 34.9 Å². The van der Waals surface area contributed by atoms with E-state index in [1.807, 2.05) is 81.3 Å². The zero-order valence-corrected chi connectivity index (χ0v) is 35.2. The van der Waals surface area contributed by atoms with Crippen molar-refractivity contribution in [3.63, 3.8) is 0 Å². The van der Waals surface area contributed by atoms with Crippen LogP contribution in [0.4, 0.5) is 5.82 Å². The van der Waals surface area contributed by atoms with Crippen LogP contribution >= 0.6 is 11.3 Å². The maximum absolute atomic E-state index is 14.1. The van der Waals surface area contributed by atoms with Crippen LogP contribution in [-0.4, -0.2) is 82.5 Å². The first-order valence-electron chi connectivity index (χ1n) is 20.2. The number of aliphatic hydroxyl groups is 1. The molecule has 3 aromatic heterocycles. The molecule has 59 heavy (non-hydrogen) atoms. The third kappa shape index (κ3) is 10.7. The number of aliphatic hydroxyl groups excluding tert-OH is 1. The van der Waals surface area contributed by atoms with E-state index in [0.29, 0.717) is 29.8 Å². The molecule has 4 atom stereocenters. The van der Waals surface area contributed by atoms with Crippen LogP contribution in [0.1, 0.15) is 89.9 Å². The summed E-state index contributed by atoms with van der Waals surface area (Å²) in [5.74, 6) is -0.546. The molecular weight excluding hydrogens is 767 g/mol. The Morgan fingerprint density at radius 1 is 0.966 bits per heavy atom. The monoisotopic (exact) mass is 821 g/mol. The van der Waals surface area contributed by atoms with Gasteiger partial charge in [0.05, 0.1) is 40.1 Å². The Labute approximate surface area is 349 Å². The predicted octanol–water partition coefficient (Wildman–Crippen LogP) is 6.44. The maximum atomic E-state index is 14.1. The summed E-state index contributed by atoms with van der Waals surface area (Å²) in [6.45, 7) is 10.3. The lowest BCUT2D eigenvalue weighted by Gasteiger charge is -2.35. The standard InChI is InChI=1S/C44H55N9O5S/c1-27(29-16-18-30(19-17-29)39-28(2)46-26-59-39)48-42(57)36-21-32(54)25-53(36)43(58)40(44(3,4)5)49-38(56)15-9-7-6-8-12-20-52-24-31(23-47-52)34-22-35(50-51-41(34)45)33-13-10-11-14-37(33)55/h10-11,13-14,16-19,22-24,26-27,32,36,40,54-55H,6-9,12,15,20-21,25H2,1-5H3,(H2,45,51)(H,48,57)(H,49,56)/t27-,32+,36-,40+/m0/s1. The Morgan fingerprint density at radius 3 is 2.41 bits per heavy atom. The van der Waals surface area contributed by atoms with Crippen molar-refractivity contribution in [2.45, 2.75) is 110 Å². The van der Waals surface area contributed by atoms with Crippen molar-refractivity contribution in [2.75, 3.05) is 12.3 Å². The zero-order valence-electron chi connectivity index (χ0n) is 34.4. The van der Waals surface area contributed by atoms with Gasteiger partial charge in [-0.1, -0.05) is 76.4 Å². The van der Waals surface area contributed by atoms with Crippen molar-refractivity contribution in [3.05, 3.63) is 83.8 Å². The van der Waals surface area contributed by atoms with Gasteiger partial charge in [-0.2, -0.15) is 5.10 Å². The summed E-state index contributed by atoms with van der Waals surface area (Å²) < 4.78 is 1.87. The van der Waals surface area contributed by atoms with Gasteiger partial charge in [0.25, 0.3) is 0 Å². The molecule has 0 aliphatic carbocycles. The summed E-state index contributed by atoms with van der Waals surface area (Å²) in [7, 11) is 0. The van der Waals surface area contributed by atoms with Crippen molar-refractivity contribution in [1.29, 1.82) is 0 Å². The number of aromatic hydroxyl groups is 1. The summed E-state index contributed by atoms with van der Waals surface area (Å²) in [5, 5.41) is 39.6. The lowest BCUT2D eigenvalue weighted by Crippen LogP contribution is -2.57. The number of benzene rings is 2. The van der Waals surface area contributed by atoms with E-state index in [9.17, 15) is 24.6 Å². The quantitative estimate of drug-likeness (QED) is 0.0690. The van der Waals surface area contributed by atoms with Gasteiger partial charge in [-0.05, 0) is 61.4 Å². The number of para-hydroxylation sites is 1. The molecule has 312 valence electrons. The minimum absolute atomic E-state index is 0.0199. The molecule has 2 aromatic carbocycles. The number of carbonyl (C=O) groups is 3. The second-order valence-corrected chi connectivity index (χ2v) is 17.3. The van der Waals surface area contributed by atoms with Crippen LogP contribution in [0.3, 0.4) is 0 Å². The number of β-amino-alcohol motifs (C(OH)–C–C–N with tert-alkyl or cyclic N) is 1. The first-order chi connectivity index (χ1) is 28.2. The number of phenols is 1. The lowest BCUT2D eigenvalue weighted by atomic mass is 9.85. The fraction of sp³-hybridized carbons (Fsp3) is 0.432. The first-order valence-corrected chi connectivity index (χ1v) is 21.1. The minimum Gasteiger partial charge on any atom is -0.507 e. The largest absolute Gasteiger partial charge is 0.507 e. The number of nitrogens with one attached hydrogen (secondary N) is 2. The van der Waals surface area contributed by atoms with Crippen LogP contribution in [-0.2, 0) is 20.9 Å². The molecule has 1 aliphatic rings. The molecule has 1 aliphatic heterocycles. The normalized spacial score (nSPS) is 16.5. The molecule has 0 spiro atoms. The minimum atomic E-state index is -0.870. The third-order valence-electron chi connectivity index (χ3n) is 10.8. The van der Waals surface area contributed by atoms with E-state index in [1.165, 1.54) is 4.90 Å². The van der Waals surface area contributed by atoms with Crippen LogP contribution in [0.2, 0.25) is 0 Å². The summed E-state index contributed by atoms with van der Waals surface area (Å²) in [6.07, 6.45) is 7.53. The van der Waals surface area contributed by atoms with Gasteiger partial charge in [-0.15, -0.1) is 21.5 Å². The molecule has 1 fully saturated rings. The van der Waals surface area contributed by atoms with E-state index in [0.717, 1.165) is 52.9 Å². The number of nitrogens with two attached hydrogens (primary N) is 1. The van der Waals surface area contributed by atoms with Crippen LogP contribution in [0.5, 0.6) is 5.75 Å². The smallest absolute Gasteiger partial charge is 0.246 e. The van der Waals surface area contributed by atoms with Crippen molar-refractivity contribution in [2.24, 2.45) is 5.41 Å². The second-order valence-electron chi connectivity index (χ2n) is 16.4. The summed E-state index contributed by atoms with van der Waals surface area (Å²) in [6, 6.07) is 14.7. The highest BCUT2D eigenvalue weighted by molar-refractivity contribution is 7.13. The van der Waals surface area contributed by atoms with Gasteiger partial charge < -0.3 is 31.5 Å². The van der Waals surface area contributed by atoms with Crippen LogP contribution < -0.4 is 16.4 Å². The van der Waals surface area contributed by atoms with E-state index in [2.05, 4.69) is 30.9 Å². The first kappa shape index (κ1) is 42.9. The highest BCUT2D eigenvalue weighted by Gasteiger charge is 2.44. The van der Waals surface area contributed by atoms with Gasteiger partial charge in [-0.25, -0.2) is 4.98 Å². The number of phenolic OH excluding ortho intramolecular Hbond substituents is 1. The van der Waals surface area contributed by atoms with E-state index in [-0.39, 0.29) is 54.7 Å². The van der Waals surface area contributed by atoms with E-state index >= 15 is 0 Å². The number of aromatic nitrogens is 5. The molecule has 0 unspecified atom stereocenters. The zero-order chi connectivity index (χ0) is 42.3. The number of nitrogens with zero attached hydrogens (tertiary/aromatic N) is 6. The van der Waals surface area contributed by atoms with Crippen LogP contribution in [0.15, 0.2) is 72.5 Å². The molecular formula is C44H55N9O5S. The van der Waals surface area contributed by atoms with E-state index in [1.54, 1.807) is 41.8 Å². The van der Waals surface area contributed by atoms with E-state index < -0.39 is 23.6 Å². The average molecular weight is 822 g/mol. The van der Waals surface area contributed by atoms with Gasteiger partial charge in [0.2, 0.25) is 17.7 Å². The van der Waals surface area contributed by atoms with Gasteiger partial charge in [0.1, 0.15) is 17.8 Å². The number of amides is 3. The Kier molecular flexibility index (Phi) is 13.8. The SMILES string of the molecule is Cc1ncsc1-c1ccc([C@H](C)NC(=O)[C@@H]2C[C@@H](O)CN2C(=O)[C@@H](NC(=O)CCCCCCCn2cc(-c3cc(-c4ccccc4O)nnc3N)cn2)C(C)(C)C)cc1. The number of aryl methyl sites for hydroxylation is 2. The molecule has 14 nitrogen and oxygen atoms in total. The molecule has 0 bridgehead atoms. The van der Waals surface area contributed by atoms with Gasteiger partial charge in [0, 0.05) is 48.8 Å². The number of thiazole rings is 1. The Hall–Kier alpha value is -5.67. The summed E-state index contributed by atoms with van der Waals surface area (Å²) >= 11 is 1.58. The average Bonchev–Trinajstić information content (AvgIpc) is 3.96. The molecule has 0 radical (unpaired) electrons. The van der Waals surface area contributed by atoms with Gasteiger partial charge in [-0.3, -0.25) is 19.1 Å². The summed E-state index contributed by atoms with van der Waals surface area (Å²) in [5.41, 5.74) is 12.9. The van der Waals surface area contributed by atoms with E-state index in [4.69, 9.17) is 5.73 Å². The van der Waals surface area contributed by atoms with Gasteiger partial charge >= 0.3 is 0 Å². The van der Waals surface area contributed by atoms with Crippen molar-refractivity contribution < 1.29 is 24.6 Å². The molecule has 0 saturated carbocycles. The maximum Gasteiger partial charge on any atom is 0.246 e. The van der Waals surface area contributed by atoms with Crippen molar-refractivity contribution in [1.82, 2.24) is 40.5 Å². The number of hydrogen-bond acceptors (Lipinski definition) is 11. The van der Waals surface area contributed by atoms with Crippen LogP contribution in [0, 0.1) is 12.3 Å². The second kappa shape index (κ2) is 18.9. The summed E-state index contributed by atoms with van der Waals surface area (Å²) in [4.78, 5) is 47.7.